The summed E-state index contributed by atoms with van der Waals surface area (Å²) >= 11 is 6.00. The van der Waals surface area contributed by atoms with Gasteiger partial charge in [0.2, 0.25) is 11.8 Å². The van der Waals surface area contributed by atoms with Crippen molar-refractivity contribution in [2.24, 2.45) is 0 Å². The van der Waals surface area contributed by atoms with Gasteiger partial charge in [0, 0.05) is 23.7 Å². The van der Waals surface area contributed by atoms with Gasteiger partial charge in [-0.2, -0.15) is 4.98 Å². The maximum absolute atomic E-state index is 13.8. The summed E-state index contributed by atoms with van der Waals surface area (Å²) in [4.78, 5) is 18.5. The average molecular weight is 338 g/mol. The maximum Gasteiger partial charge on any atom is 0.231 e. The van der Waals surface area contributed by atoms with Gasteiger partial charge in [-0.3, -0.25) is 4.79 Å². The van der Waals surface area contributed by atoms with Crippen LogP contribution in [0.2, 0.25) is 5.02 Å². The lowest BCUT2D eigenvalue weighted by molar-refractivity contribution is -0.131. The molecule has 1 aromatic heterocycles. The minimum Gasteiger partial charge on any atom is -0.342 e. The minimum absolute atomic E-state index is 0.0324. The van der Waals surface area contributed by atoms with Crippen LogP contribution in [0.15, 0.2) is 22.7 Å². The van der Waals surface area contributed by atoms with Crippen molar-refractivity contribution in [1.82, 2.24) is 15.0 Å². The number of hydrogen-bond donors (Lipinski definition) is 0. The number of amides is 1. The molecule has 2 heterocycles. The van der Waals surface area contributed by atoms with Crippen LogP contribution in [-0.4, -0.2) is 34.0 Å². The van der Waals surface area contributed by atoms with Gasteiger partial charge in [0.15, 0.2) is 5.82 Å². The second kappa shape index (κ2) is 6.66. The molecule has 1 aliphatic heterocycles. The van der Waals surface area contributed by atoms with E-state index in [4.69, 9.17) is 16.1 Å². The number of piperidine rings is 1. The number of halogens is 2. The summed E-state index contributed by atoms with van der Waals surface area (Å²) in [5.41, 5.74) is 0.245. The van der Waals surface area contributed by atoms with E-state index in [9.17, 15) is 9.18 Å². The average Bonchev–Trinajstić information content (AvgIpc) is 2.97. The zero-order chi connectivity index (χ0) is 16.4. The second-order valence-electron chi connectivity index (χ2n) is 5.74. The van der Waals surface area contributed by atoms with E-state index in [2.05, 4.69) is 10.1 Å². The van der Waals surface area contributed by atoms with E-state index in [1.165, 1.54) is 12.1 Å². The summed E-state index contributed by atoms with van der Waals surface area (Å²) in [7, 11) is 0. The number of aromatic nitrogens is 2. The van der Waals surface area contributed by atoms with Gasteiger partial charge >= 0.3 is 0 Å². The summed E-state index contributed by atoms with van der Waals surface area (Å²) < 4.78 is 19.0. The lowest BCUT2D eigenvalue weighted by Gasteiger charge is -2.31. The highest BCUT2D eigenvalue weighted by atomic mass is 35.5. The first kappa shape index (κ1) is 15.9. The SMILES string of the molecule is Cc1noc(C2CCCN(C(=O)Cc3c(F)cccc3Cl)C2)n1. The highest BCUT2D eigenvalue weighted by molar-refractivity contribution is 6.31. The Kier molecular flexibility index (Phi) is 4.61. The van der Waals surface area contributed by atoms with Crippen molar-refractivity contribution in [2.45, 2.75) is 32.1 Å². The van der Waals surface area contributed by atoms with Gasteiger partial charge in [0.25, 0.3) is 0 Å². The molecule has 23 heavy (non-hydrogen) atoms. The molecule has 7 heteroatoms. The number of hydrogen-bond acceptors (Lipinski definition) is 4. The van der Waals surface area contributed by atoms with Crippen LogP contribution in [0, 0.1) is 12.7 Å². The van der Waals surface area contributed by atoms with Crippen molar-refractivity contribution in [1.29, 1.82) is 0 Å². The monoisotopic (exact) mass is 337 g/mol. The smallest absolute Gasteiger partial charge is 0.231 e. The lowest BCUT2D eigenvalue weighted by Crippen LogP contribution is -2.40. The van der Waals surface area contributed by atoms with Crippen LogP contribution in [0.5, 0.6) is 0 Å². The van der Waals surface area contributed by atoms with E-state index >= 15 is 0 Å². The molecule has 0 saturated carbocycles. The van der Waals surface area contributed by atoms with Gasteiger partial charge in [-0.15, -0.1) is 0 Å². The molecule has 1 unspecified atom stereocenters. The Morgan fingerprint density at radius 1 is 1.52 bits per heavy atom. The van der Waals surface area contributed by atoms with Crippen LogP contribution in [0.4, 0.5) is 4.39 Å². The highest BCUT2D eigenvalue weighted by Crippen LogP contribution is 2.27. The van der Waals surface area contributed by atoms with E-state index in [0.717, 1.165) is 12.8 Å². The van der Waals surface area contributed by atoms with E-state index in [0.29, 0.717) is 24.8 Å². The maximum atomic E-state index is 13.8. The molecule has 1 fully saturated rings. The summed E-state index contributed by atoms with van der Waals surface area (Å²) in [6.07, 6.45) is 1.70. The topological polar surface area (TPSA) is 59.2 Å². The van der Waals surface area contributed by atoms with Crippen LogP contribution in [0.3, 0.4) is 0 Å². The molecular weight excluding hydrogens is 321 g/mol. The molecule has 5 nitrogen and oxygen atoms in total. The molecule has 0 bridgehead atoms. The Hall–Kier alpha value is -1.95. The van der Waals surface area contributed by atoms with E-state index < -0.39 is 5.82 Å². The normalized spacial score (nSPS) is 18.2. The number of carbonyl (C=O) groups is 1. The van der Waals surface area contributed by atoms with Crippen LogP contribution in [0.25, 0.3) is 0 Å². The van der Waals surface area contributed by atoms with Crippen LogP contribution < -0.4 is 0 Å². The molecular formula is C16H17ClFN3O2. The fraction of sp³-hybridized carbons (Fsp3) is 0.438. The zero-order valence-electron chi connectivity index (χ0n) is 12.8. The number of aryl methyl sites for hydroxylation is 1. The number of benzene rings is 1. The summed E-state index contributed by atoms with van der Waals surface area (Å²) in [6.45, 7) is 2.92. The van der Waals surface area contributed by atoms with Crippen LogP contribution >= 0.6 is 11.6 Å². The summed E-state index contributed by atoms with van der Waals surface area (Å²) in [6, 6.07) is 4.43. The fourth-order valence-electron chi connectivity index (χ4n) is 2.85. The van der Waals surface area contributed by atoms with Crippen LogP contribution in [0.1, 0.15) is 36.0 Å². The third-order valence-electron chi connectivity index (χ3n) is 4.06. The molecule has 2 aromatic rings. The van der Waals surface area contributed by atoms with Gasteiger partial charge in [0.1, 0.15) is 5.82 Å². The predicted molar refractivity (Wildman–Crippen MR) is 82.7 cm³/mol. The highest BCUT2D eigenvalue weighted by Gasteiger charge is 2.28. The van der Waals surface area contributed by atoms with E-state index in [1.54, 1.807) is 17.9 Å². The molecule has 0 spiro atoms. The molecule has 122 valence electrons. The summed E-state index contributed by atoms with van der Waals surface area (Å²) in [5.74, 6) is 0.584. The largest absolute Gasteiger partial charge is 0.342 e. The molecule has 1 saturated heterocycles. The lowest BCUT2D eigenvalue weighted by atomic mass is 9.97. The Balaban J connectivity index is 1.70. The van der Waals surface area contributed by atoms with Gasteiger partial charge in [-0.05, 0) is 31.9 Å². The minimum atomic E-state index is -0.452. The number of likely N-dealkylation sites (tertiary alicyclic amines) is 1. The van der Waals surface area contributed by atoms with E-state index in [-0.39, 0.29) is 28.8 Å². The number of nitrogens with zero attached hydrogens (tertiary/aromatic N) is 3. The molecule has 0 N–H and O–H groups in total. The van der Waals surface area contributed by atoms with Crippen LogP contribution in [-0.2, 0) is 11.2 Å². The van der Waals surface area contributed by atoms with E-state index in [1.807, 2.05) is 0 Å². The third kappa shape index (κ3) is 3.52. The zero-order valence-corrected chi connectivity index (χ0v) is 13.5. The van der Waals surface area contributed by atoms with Gasteiger partial charge in [-0.25, -0.2) is 4.39 Å². The predicted octanol–water partition coefficient (Wildman–Crippen LogP) is 3.12. The van der Waals surface area contributed by atoms with Crippen molar-refractivity contribution in [3.63, 3.8) is 0 Å². The molecule has 1 atom stereocenters. The van der Waals surface area contributed by atoms with Crippen molar-refractivity contribution in [2.75, 3.05) is 13.1 Å². The molecule has 0 radical (unpaired) electrons. The number of carbonyl (C=O) groups excluding carboxylic acids is 1. The van der Waals surface area contributed by atoms with Crippen molar-refractivity contribution >= 4 is 17.5 Å². The Morgan fingerprint density at radius 3 is 3.04 bits per heavy atom. The first-order valence-electron chi connectivity index (χ1n) is 7.55. The van der Waals surface area contributed by atoms with Crippen molar-refractivity contribution < 1.29 is 13.7 Å². The first-order valence-corrected chi connectivity index (χ1v) is 7.93. The molecule has 0 aliphatic carbocycles. The third-order valence-corrected chi connectivity index (χ3v) is 4.41. The Labute approximate surface area is 138 Å². The second-order valence-corrected chi connectivity index (χ2v) is 6.14. The standard InChI is InChI=1S/C16H17ClFN3O2/c1-10-19-16(23-20-10)11-4-3-7-21(9-11)15(22)8-12-13(17)5-2-6-14(12)18/h2,5-6,11H,3-4,7-9H2,1H3. The molecule has 1 aromatic carbocycles. The number of rotatable bonds is 3. The Morgan fingerprint density at radius 2 is 2.35 bits per heavy atom. The first-order chi connectivity index (χ1) is 11.0. The molecule has 1 amide bonds. The Bertz CT molecular complexity index is 699. The summed E-state index contributed by atoms with van der Waals surface area (Å²) in [5, 5.41) is 4.07. The molecule has 3 rings (SSSR count). The van der Waals surface area contributed by atoms with Crippen molar-refractivity contribution in [3.8, 4) is 0 Å². The van der Waals surface area contributed by atoms with Gasteiger partial charge < -0.3 is 9.42 Å². The van der Waals surface area contributed by atoms with Crippen molar-refractivity contribution in [3.05, 3.63) is 46.3 Å². The molecule has 1 aliphatic rings. The quantitative estimate of drug-likeness (QED) is 0.863. The van der Waals surface area contributed by atoms with Gasteiger partial charge in [0.05, 0.1) is 12.3 Å². The fourth-order valence-corrected chi connectivity index (χ4v) is 3.08. The van der Waals surface area contributed by atoms with Gasteiger partial charge in [-0.1, -0.05) is 22.8 Å².